The van der Waals surface area contributed by atoms with E-state index in [2.05, 4.69) is 6.58 Å². The quantitative estimate of drug-likeness (QED) is 0.740. The van der Waals surface area contributed by atoms with Crippen LogP contribution >= 0.6 is 0 Å². The number of nitrogens with zero attached hydrogens (tertiary/aromatic N) is 1. The summed E-state index contributed by atoms with van der Waals surface area (Å²) in [5.74, 6) is -1.09. The lowest BCUT2D eigenvalue weighted by Crippen LogP contribution is -2.26. The number of rotatable bonds is 7. The number of hydrogen-bond donors (Lipinski definition) is 1. The van der Waals surface area contributed by atoms with Gasteiger partial charge in [-0.05, 0) is 17.7 Å². The van der Waals surface area contributed by atoms with Crippen molar-refractivity contribution in [1.29, 1.82) is 0 Å². The number of aliphatic carboxylic acids is 1. The van der Waals surface area contributed by atoms with Crippen LogP contribution in [0.2, 0.25) is 0 Å². The highest BCUT2D eigenvalue weighted by Gasteiger charge is 2.06. The Morgan fingerprint density at radius 2 is 2.06 bits per heavy atom. The van der Waals surface area contributed by atoms with E-state index >= 15 is 0 Å². The molecule has 0 aliphatic heterocycles. The van der Waals surface area contributed by atoms with Crippen LogP contribution in [0.1, 0.15) is 12.0 Å². The largest absolute Gasteiger partial charge is 0.481 e. The van der Waals surface area contributed by atoms with Crippen LogP contribution in [-0.2, 0) is 11.3 Å². The molecule has 1 N–H and O–H groups in total. The first-order valence-corrected chi connectivity index (χ1v) is 5.41. The first kappa shape index (κ1) is 13.4. The summed E-state index contributed by atoms with van der Waals surface area (Å²) >= 11 is 0. The third kappa shape index (κ3) is 5.26. The number of benzene rings is 1. The summed E-state index contributed by atoms with van der Waals surface area (Å²) in [5, 5.41) is 8.63. The minimum absolute atomic E-state index is 0.0923. The van der Waals surface area contributed by atoms with Gasteiger partial charge in [-0.15, -0.1) is 6.58 Å². The molecule has 1 rings (SSSR count). The molecule has 92 valence electrons. The molecule has 0 saturated carbocycles. The van der Waals surface area contributed by atoms with Crippen LogP contribution in [0.4, 0.5) is 4.39 Å². The van der Waals surface area contributed by atoms with Crippen LogP contribution in [0.5, 0.6) is 0 Å². The first-order chi connectivity index (χ1) is 8.11. The zero-order valence-electron chi connectivity index (χ0n) is 9.60. The summed E-state index contributed by atoms with van der Waals surface area (Å²) in [6.07, 6.45) is 1.82. The lowest BCUT2D eigenvalue weighted by atomic mass is 10.2. The monoisotopic (exact) mass is 237 g/mol. The molecule has 1 aromatic carbocycles. The molecule has 0 aliphatic carbocycles. The predicted molar refractivity (Wildman–Crippen MR) is 64.1 cm³/mol. The molecule has 0 unspecified atom stereocenters. The van der Waals surface area contributed by atoms with Gasteiger partial charge in [-0.2, -0.15) is 0 Å². The van der Waals surface area contributed by atoms with E-state index in [1.807, 2.05) is 4.90 Å². The fraction of sp³-hybridized carbons (Fsp3) is 0.308. The van der Waals surface area contributed by atoms with Crippen molar-refractivity contribution in [2.24, 2.45) is 0 Å². The molecule has 0 atom stereocenters. The molecular weight excluding hydrogens is 221 g/mol. The van der Waals surface area contributed by atoms with Crippen molar-refractivity contribution in [2.75, 3.05) is 13.1 Å². The highest BCUT2D eigenvalue weighted by molar-refractivity contribution is 5.66. The average molecular weight is 237 g/mol. The summed E-state index contributed by atoms with van der Waals surface area (Å²) in [4.78, 5) is 12.5. The van der Waals surface area contributed by atoms with E-state index in [-0.39, 0.29) is 12.2 Å². The van der Waals surface area contributed by atoms with Crippen molar-refractivity contribution in [3.05, 3.63) is 48.3 Å². The molecule has 0 spiro atoms. The SMILES string of the molecule is C=CCN(CCC(=O)O)Cc1ccc(F)cc1. The van der Waals surface area contributed by atoms with E-state index in [1.54, 1.807) is 18.2 Å². The van der Waals surface area contributed by atoms with E-state index in [0.717, 1.165) is 5.56 Å². The topological polar surface area (TPSA) is 40.5 Å². The standard InChI is InChI=1S/C13H16FNO2/c1-2-8-15(9-7-13(16)17)10-11-3-5-12(14)6-4-11/h2-6H,1,7-10H2,(H,16,17). The van der Waals surface area contributed by atoms with E-state index in [1.165, 1.54) is 12.1 Å². The van der Waals surface area contributed by atoms with Crippen molar-refractivity contribution < 1.29 is 14.3 Å². The first-order valence-electron chi connectivity index (χ1n) is 5.41. The Labute approximate surface area is 100 Å². The van der Waals surface area contributed by atoms with E-state index in [0.29, 0.717) is 19.6 Å². The molecule has 0 radical (unpaired) electrons. The summed E-state index contributed by atoms with van der Waals surface area (Å²) in [6, 6.07) is 6.20. The molecule has 0 bridgehead atoms. The Balaban J connectivity index is 2.56. The molecule has 0 fully saturated rings. The fourth-order valence-corrected chi connectivity index (χ4v) is 1.52. The number of carboxylic acids is 1. The van der Waals surface area contributed by atoms with Gasteiger partial charge < -0.3 is 5.11 Å². The Morgan fingerprint density at radius 3 is 2.59 bits per heavy atom. The molecule has 1 aromatic rings. The maximum absolute atomic E-state index is 12.7. The minimum Gasteiger partial charge on any atom is -0.481 e. The summed E-state index contributed by atoms with van der Waals surface area (Å²) in [7, 11) is 0. The predicted octanol–water partition coefficient (Wildman–Crippen LogP) is 2.29. The number of carbonyl (C=O) groups is 1. The van der Waals surface area contributed by atoms with E-state index < -0.39 is 5.97 Å². The van der Waals surface area contributed by atoms with Gasteiger partial charge in [-0.25, -0.2) is 4.39 Å². The lowest BCUT2D eigenvalue weighted by Gasteiger charge is -2.19. The van der Waals surface area contributed by atoms with Gasteiger partial charge in [0.2, 0.25) is 0 Å². The van der Waals surface area contributed by atoms with Crippen molar-refractivity contribution in [1.82, 2.24) is 4.90 Å². The van der Waals surface area contributed by atoms with Crippen LogP contribution in [0, 0.1) is 5.82 Å². The Morgan fingerprint density at radius 1 is 1.41 bits per heavy atom. The third-order valence-corrected chi connectivity index (χ3v) is 2.35. The number of hydrogen-bond acceptors (Lipinski definition) is 2. The number of halogens is 1. The van der Waals surface area contributed by atoms with E-state index in [9.17, 15) is 9.18 Å². The van der Waals surface area contributed by atoms with Gasteiger partial charge in [-0.1, -0.05) is 18.2 Å². The average Bonchev–Trinajstić information content (AvgIpc) is 2.29. The van der Waals surface area contributed by atoms with Gasteiger partial charge >= 0.3 is 5.97 Å². The Bertz CT molecular complexity index is 376. The van der Waals surface area contributed by atoms with E-state index in [4.69, 9.17) is 5.11 Å². The lowest BCUT2D eigenvalue weighted by molar-refractivity contribution is -0.137. The number of carboxylic acid groups (broad SMARTS) is 1. The van der Waals surface area contributed by atoms with Crippen molar-refractivity contribution in [3.8, 4) is 0 Å². The highest BCUT2D eigenvalue weighted by Crippen LogP contribution is 2.07. The minimum atomic E-state index is -0.821. The molecule has 3 nitrogen and oxygen atoms in total. The molecule has 0 aliphatic rings. The van der Waals surface area contributed by atoms with Crippen LogP contribution in [0.3, 0.4) is 0 Å². The summed E-state index contributed by atoms with van der Waals surface area (Å²) < 4.78 is 12.7. The second-order valence-corrected chi connectivity index (χ2v) is 3.79. The fourth-order valence-electron chi connectivity index (χ4n) is 1.52. The van der Waals surface area contributed by atoms with Gasteiger partial charge in [0, 0.05) is 19.6 Å². The molecule has 4 heteroatoms. The molecule has 0 saturated heterocycles. The van der Waals surface area contributed by atoms with Crippen molar-refractivity contribution >= 4 is 5.97 Å². The van der Waals surface area contributed by atoms with Gasteiger partial charge in [-0.3, -0.25) is 9.69 Å². The van der Waals surface area contributed by atoms with Crippen LogP contribution < -0.4 is 0 Å². The molecule has 0 aromatic heterocycles. The Hall–Kier alpha value is -1.68. The van der Waals surface area contributed by atoms with Crippen LogP contribution in [0.25, 0.3) is 0 Å². The maximum Gasteiger partial charge on any atom is 0.304 e. The van der Waals surface area contributed by atoms with Gasteiger partial charge in [0.15, 0.2) is 0 Å². The Kier molecular flexibility index (Phi) is 5.36. The summed E-state index contributed by atoms with van der Waals surface area (Å²) in [6.45, 7) is 5.30. The van der Waals surface area contributed by atoms with Gasteiger partial charge in [0.25, 0.3) is 0 Å². The van der Waals surface area contributed by atoms with Crippen molar-refractivity contribution in [2.45, 2.75) is 13.0 Å². The highest BCUT2D eigenvalue weighted by atomic mass is 19.1. The van der Waals surface area contributed by atoms with Crippen LogP contribution in [0.15, 0.2) is 36.9 Å². The second kappa shape index (κ2) is 6.81. The van der Waals surface area contributed by atoms with Crippen molar-refractivity contribution in [3.63, 3.8) is 0 Å². The molecule has 17 heavy (non-hydrogen) atoms. The summed E-state index contributed by atoms with van der Waals surface area (Å²) in [5.41, 5.74) is 0.957. The normalized spacial score (nSPS) is 10.5. The zero-order valence-corrected chi connectivity index (χ0v) is 9.60. The molecule has 0 amide bonds. The second-order valence-electron chi connectivity index (χ2n) is 3.79. The van der Waals surface area contributed by atoms with Gasteiger partial charge in [0.05, 0.1) is 6.42 Å². The smallest absolute Gasteiger partial charge is 0.304 e. The molecule has 0 heterocycles. The van der Waals surface area contributed by atoms with Gasteiger partial charge in [0.1, 0.15) is 5.82 Å². The molecular formula is C13H16FNO2. The zero-order chi connectivity index (χ0) is 12.7. The maximum atomic E-state index is 12.7. The van der Waals surface area contributed by atoms with Crippen LogP contribution in [-0.4, -0.2) is 29.1 Å². The third-order valence-electron chi connectivity index (χ3n) is 2.35.